The molecule has 6 heteroatoms. The van der Waals surface area contributed by atoms with E-state index < -0.39 is 0 Å². The molecule has 1 aliphatic carbocycles. The average molecular weight is 464 g/mol. The highest BCUT2D eigenvalue weighted by Crippen LogP contribution is 2.34. The van der Waals surface area contributed by atoms with Crippen molar-refractivity contribution in [1.82, 2.24) is 9.38 Å². The summed E-state index contributed by atoms with van der Waals surface area (Å²) in [5.74, 6) is 1.59. The Morgan fingerprint density at radius 2 is 1.94 bits per heavy atom. The lowest BCUT2D eigenvalue weighted by Crippen LogP contribution is -2.27. The van der Waals surface area contributed by atoms with Gasteiger partial charge in [-0.15, -0.1) is 11.8 Å². The van der Waals surface area contributed by atoms with E-state index in [0.29, 0.717) is 11.4 Å². The molecule has 1 fully saturated rings. The van der Waals surface area contributed by atoms with Crippen molar-refractivity contribution in [1.29, 1.82) is 0 Å². The normalized spacial score (nSPS) is 18.4. The van der Waals surface area contributed by atoms with Gasteiger partial charge in [-0.1, -0.05) is 44.4 Å². The summed E-state index contributed by atoms with van der Waals surface area (Å²) in [6, 6.07) is 13.3. The number of benzene rings is 1. The SMILES string of the molecule is CCCCC1CCC(C(=O)Nc2ccccc2SCc2cc(=O)n3cccc(C)c3n2)CC1. The number of pyridine rings is 1. The maximum absolute atomic E-state index is 13.0. The number of fused-ring (bicyclic) bond motifs is 1. The Kier molecular flexibility index (Phi) is 7.86. The van der Waals surface area contributed by atoms with Gasteiger partial charge in [-0.05, 0) is 62.3 Å². The van der Waals surface area contributed by atoms with Crippen molar-refractivity contribution in [2.24, 2.45) is 11.8 Å². The summed E-state index contributed by atoms with van der Waals surface area (Å²) in [6.07, 6.45) is 9.89. The Morgan fingerprint density at radius 1 is 1.15 bits per heavy atom. The standard InChI is InChI=1S/C27H33N3O2S/c1-3-4-9-20-12-14-21(15-13-20)27(32)29-23-10-5-6-11-24(23)33-18-22-17-25(31)30-16-7-8-19(2)26(30)28-22/h5-8,10-11,16-17,20-21H,3-4,9,12-15,18H2,1-2H3,(H,29,32). The third-order valence-corrected chi connectivity index (χ3v) is 7.75. The van der Waals surface area contributed by atoms with Gasteiger partial charge in [0.05, 0.1) is 11.4 Å². The number of carbonyl (C=O) groups is 1. The molecule has 174 valence electrons. The number of amides is 1. The quantitative estimate of drug-likeness (QED) is 0.402. The number of rotatable bonds is 8. The average Bonchev–Trinajstić information content (AvgIpc) is 2.83. The van der Waals surface area contributed by atoms with Gasteiger partial charge in [-0.2, -0.15) is 0 Å². The van der Waals surface area contributed by atoms with E-state index in [0.717, 1.165) is 53.4 Å². The van der Waals surface area contributed by atoms with Crippen LogP contribution in [0, 0.1) is 18.8 Å². The van der Waals surface area contributed by atoms with Crippen LogP contribution >= 0.6 is 11.8 Å². The zero-order valence-electron chi connectivity index (χ0n) is 19.5. The van der Waals surface area contributed by atoms with Crippen LogP contribution in [0.25, 0.3) is 5.65 Å². The minimum absolute atomic E-state index is 0.0737. The molecule has 1 amide bonds. The third kappa shape index (κ3) is 5.85. The van der Waals surface area contributed by atoms with Crippen molar-refractivity contribution < 1.29 is 4.79 Å². The zero-order chi connectivity index (χ0) is 23.2. The first kappa shape index (κ1) is 23.6. The molecule has 4 rings (SSSR count). The van der Waals surface area contributed by atoms with Crippen molar-refractivity contribution >= 4 is 29.0 Å². The van der Waals surface area contributed by atoms with Crippen LogP contribution in [-0.2, 0) is 10.5 Å². The molecule has 2 heterocycles. The van der Waals surface area contributed by atoms with Crippen LogP contribution in [0.5, 0.6) is 0 Å². The third-order valence-electron chi connectivity index (χ3n) is 6.64. The Morgan fingerprint density at radius 3 is 2.73 bits per heavy atom. The predicted molar refractivity (Wildman–Crippen MR) is 136 cm³/mol. The van der Waals surface area contributed by atoms with Crippen molar-refractivity contribution in [2.75, 3.05) is 5.32 Å². The Balaban J connectivity index is 1.40. The summed E-state index contributed by atoms with van der Waals surface area (Å²) in [5.41, 5.74) is 3.17. The summed E-state index contributed by atoms with van der Waals surface area (Å²) in [7, 11) is 0. The summed E-state index contributed by atoms with van der Waals surface area (Å²) >= 11 is 1.60. The zero-order valence-corrected chi connectivity index (χ0v) is 20.4. The van der Waals surface area contributed by atoms with Crippen molar-refractivity contribution in [2.45, 2.75) is 69.4 Å². The molecule has 0 bridgehead atoms. The highest BCUT2D eigenvalue weighted by Gasteiger charge is 2.26. The van der Waals surface area contributed by atoms with E-state index in [9.17, 15) is 9.59 Å². The van der Waals surface area contributed by atoms with Gasteiger partial charge in [0.1, 0.15) is 5.65 Å². The summed E-state index contributed by atoms with van der Waals surface area (Å²) in [4.78, 5) is 31.1. The molecule has 5 nitrogen and oxygen atoms in total. The van der Waals surface area contributed by atoms with Gasteiger partial charge in [0.15, 0.2) is 0 Å². The number of para-hydroxylation sites is 1. The number of unbranched alkanes of at least 4 members (excludes halogenated alkanes) is 1. The van der Waals surface area contributed by atoms with Crippen LogP contribution in [-0.4, -0.2) is 15.3 Å². The fraction of sp³-hybridized carbons (Fsp3) is 0.444. The maximum atomic E-state index is 13.0. The fourth-order valence-electron chi connectivity index (χ4n) is 4.67. The maximum Gasteiger partial charge on any atom is 0.258 e. The second kappa shape index (κ2) is 11.0. The van der Waals surface area contributed by atoms with Crippen LogP contribution in [0.15, 0.2) is 58.4 Å². The first-order valence-corrected chi connectivity index (χ1v) is 13.0. The molecular formula is C27H33N3O2S. The van der Waals surface area contributed by atoms with Crippen LogP contribution in [0.2, 0.25) is 0 Å². The molecule has 3 aromatic rings. The summed E-state index contributed by atoms with van der Waals surface area (Å²) < 4.78 is 1.58. The number of anilines is 1. The van der Waals surface area contributed by atoms with Gasteiger partial charge in [0, 0.05) is 28.8 Å². The van der Waals surface area contributed by atoms with Crippen LogP contribution in [0.1, 0.15) is 63.1 Å². The second-order valence-corrected chi connectivity index (χ2v) is 10.1. The smallest absolute Gasteiger partial charge is 0.258 e. The highest BCUT2D eigenvalue weighted by molar-refractivity contribution is 7.98. The number of carbonyl (C=O) groups excluding carboxylic acids is 1. The molecule has 33 heavy (non-hydrogen) atoms. The van der Waals surface area contributed by atoms with E-state index in [4.69, 9.17) is 4.98 Å². The number of nitrogens with one attached hydrogen (secondary N) is 1. The number of hydrogen-bond acceptors (Lipinski definition) is 4. The van der Waals surface area contributed by atoms with E-state index in [2.05, 4.69) is 12.2 Å². The molecule has 0 radical (unpaired) electrons. The molecule has 1 aliphatic rings. The Labute approximate surface area is 200 Å². The molecule has 0 spiro atoms. The lowest BCUT2D eigenvalue weighted by molar-refractivity contribution is -0.121. The minimum atomic E-state index is -0.0737. The molecular weight excluding hydrogens is 430 g/mol. The Bertz CT molecular complexity index is 1170. The van der Waals surface area contributed by atoms with Crippen molar-refractivity contribution in [3.05, 3.63) is 70.3 Å². The van der Waals surface area contributed by atoms with Crippen LogP contribution in [0.4, 0.5) is 5.69 Å². The number of hydrogen-bond donors (Lipinski definition) is 1. The second-order valence-electron chi connectivity index (χ2n) is 9.10. The molecule has 0 unspecified atom stereocenters. The molecule has 1 aromatic carbocycles. The van der Waals surface area contributed by atoms with Gasteiger partial charge in [0.2, 0.25) is 5.91 Å². The van der Waals surface area contributed by atoms with E-state index in [1.807, 2.05) is 43.3 Å². The first-order valence-electron chi connectivity index (χ1n) is 12.1. The van der Waals surface area contributed by atoms with E-state index >= 15 is 0 Å². The van der Waals surface area contributed by atoms with Gasteiger partial charge in [-0.3, -0.25) is 14.0 Å². The Hall–Kier alpha value is -2.60. The molecule has 2 aromatic heterocycles. The number of aryl methyl sites for hydroxylation is 1. The predicted octanol–water partition coefficient (Wildman–Crippen LogP) is 6.23. The topological polar surface area (TPSA) is 63.5 Å². The monoisotopic (exact) mass is 463 g/mol. The largest absolute Gasteiger partial charge is 0.325 e. The number of thioether (sulfide) groups is 1. The molecule has 0 saturated heterocycles. The molecule has 0 atom stereocenters. The lowest BCUT2D eigenvalue weighted by Gasteiger charge is -2.28. The summed E-state index contributed by atoms with van der Waals surface area (Å²) in [6.45, 7) is 4.20. The van der Waals surface area contributed by atoms with Gasteiger partial charge in [0.25, 0.3) is 5.56 Å². The lowest BCUT2D eigenvalue weighted by atomic mass is 9.79. The number of aromatic nitrogens is 2. The van der Waals surface area contributed by atoms with Crippen molar-refractivity contribution in [3.63, 3.8) is 0 Å². The van der Waals surface area contributed by atoms with E-state index in [-0.39, 0.29) is 17.4 Å². The molecule has 1 N–H and O–H groups in total. The van der Waals surface area contributed by atoms with E-state index in [1.165, 1.54) is 19.3 Å². The van der Waals surface area contributed by atoms with E-state index in [1.54, 1.807) is 28.4 Å². The fourth-order valence-corrected chi connectivity index (χ4v) is 5.57. The van der Waals surface area contributed by atoms with Gasteiger partial charge in [-0.25, -0.2) is 4.98 Å². The molecule has 1 saturated carbocycles. The van der Waals surface area contributed by atoms with Crippen molar-refractivity contribution in [3.8, 4) is 0 Å². The van der Waals surface area contributed by atoms with Gasteiger partial charge >= 0.3 is 0 Å². The minimum Gasteiger partial charge on any atom is -0.325 e. The van der Waals surface area contributed by atoms with Crippen LogP contribution in [0.3, 0.4) is 0 Å². The summed E-state index contributed by atoms with van der Waals surface area (Å²) in [5, 5.41) is 3.18. The van der Waals surface area contributed by atoms with Gasteiger partial charge < -0.3 is 5.32 Å². The molecule has 0 aliphatic heterocycles. The van der Waals surface area contributed by atoms with Crippen LogP contribution < -0.4 is 10.9 Å². The first-order chi connectivity index (χ1) is 16.0. The number of nitrogens with zero attached hydrogens (tertiary/aromatic N) is 2. The highest BCUT2D eigenvalue weighted by atomic mass is 32.2.